The second-order valence-corrected chi connectivity index (χ2v) is 17.1. The van der Waals surface area contributed by atoms with Gasteiger partial charge in [-0.2, -0.15) is 5.10 Å². The van der Waals surface area contributed by atoms with E-state index in [2.05, 4.69) is 36.4 Å². The van der Waals surface area contributed by atoms with Crippen molar-refractivity contribution in [3.63, 3.8) is 0 Å². The van der Waals surface area contributed by atoms with Gasteiger partial charge in [-0.25, -0.2) is 4.79 Å². The van der Waals surface area contributed by atoms with E-state index in [4.69, 9.17) is 14.6 Å². The molecule has 3 aliphatic heterocycles. The Morgan fingerprint density at radius 1 is 0.892 bits per heavy atom. The smallest absolute Gasteiger partial charge is 0.352 e. The van der Waals surface area contributed by atoms with Crippen molar-refractivity contribution >= 4 is 46.3 Å². The summed E-state index contributed by atoms with van der Waals surface area (Å²) in [6.07, 6.45) is 1.77. The number of hydrogen-bond donors (Lipinski definition) is 2. The third-order valence-electron chi connectivity index (χ3n) is 13.0. The van der Waals surface area contributed by atoms with Crippen LogP contribution in [-0.4, -0.2) is 116 Å². The van der Waals surface area contributed by atoms with Gasteiger partial charge in [0.1, 0.15) is 23.2 Å². The Hall–Kier alpha value is -7.00. The van der Waals surface area contributed by atoms with E-state index < -0.39 is 29.7 Å². The van der Waals surface area contributed by atoms with Gasteiger partial charge < -0.3 is 29.4 Å². The van der Waals surface area contributed by atoms with Gasteiger partial charge in [0.05, 0.1) is 28.9 Å². The van der Waals surface area contributed by atoms with Gasteiger partial charge in [0, 0.05) is 79.8 Å². The van der Waals surface area contributed by atoms with Crippen molar-refractivity contribution in [2.45, 2.75) is 66.0 Å². The van der Waals surface area contributed by atoms with Crippen LogP contribution in [0, 0.1) is 27.7 Å². The first-order chi connectivity index (χ1) is 31.2. The Kier molecular flexibility index (Phi) is 12.5. The first-order valence-corrected chi connectivity index (χ1v) is 22.0. The minimum absolute atomic E-state index is 0.0401. The maximum Gasteiger partial charge on any atom is 0.352 e. The molecule has 0 aliphatic carbocycles. The number of allylic oxidation sites excluding steroid dienone is 1. The van der Waals surface area contributed by atoms with Crippen LogP contribution in [0.2, 0.25) is 0 Å². The van der Waals surface area contributed by atoms with Crippen molar-refractivity contribution in [1.82, 2.24) is 34.4 Å². The summed E-state index contributed by atoms with van der Waals surface area (Å²) in [6.45, 7) is 18.9. The number of carbonyl (C=O) groups is 5. The van der Waals surface area contributed by atoms with E-state index in [1.54, 1.807) is 17.0 Å². The molecule has 8 rings (SSSR count). The number of carbonyl (C=O) groups excluding carboxylic acids is 4. The fraction of sp³-hybridized carbons (Fsp3) is 0.360. The van der Waals surface area contributed by atoms with Crippen LogP contribution in [0.3, 0.4) is 0 Å². The molecule has 0 bridgehead atoms. The molecule has 3 aromatic carbocycles. The number of benzene rings is 3. The van der Waals surface area contributed by atoms with Gasteiger partial charge in [0.25, 0.3) is 17.7 Å². The molecule has 338 valence electrons. The fourth-order valence-corrected chi connectivity index (χ4v) is 9.58. The lowest BCUT2D eigenvalue weighted by atomic mass is 9.94. The number of ether oxygens (including phenoxy) is 2. The molecule has 0 spiro atoms. The zero-order chi connectivity index (χ0) is 46.3. The molecule has 5 heterocycles. The molecule has 0 saturated carbocycles. The second-order valence-electron chi connectivity index (χ2n) is 17.1. The third-order valence-corrected chi connectivity index (χ3v) is 13.0. The number of piperidine rings is 1. The average Bonchev–Trinajstić information content (AvgIpc) is 3.84. The van der Waals surface area contributed by atoms with Gasteiger partial charge in [0.15, 0.2) is 6.61 Å². The lowest BCUT2D eigenvalue weighted by molar-refractivity contribution is -0.135. The van der Waals surface area contributed by atoms with Crippen molar-refractivity contribution in [2.24, 2.45) is 7.05 Å². The highest BCUT2D eigenvalue weighted by atomic mass is 16.5. The summed E-state index contributed by atoms with van der Waals surface area (Å²) in [5.41, 5.74) is 9.38. The van der Waals surface area contributed by atoms with Crippen LogP contribution in [0.25, 0.3) is 27.8 Å². The third kappa shape index (κ3) is 8.43. The Morgan fingerprint density at radius 3 is 2.34 bits per heavy atom. The van der Waals surface area contributed by atoms with Gasteiger partial charge in [0.2, 0.25) is 5.91 Å². The summed E-state index contributed by atoms with van der Waals surface area (Å²) in [7, 11) is 1.91. The SMILES string of the molecule is C=C1CCC(N2C(=O)c3cccc(OCC(=O)N4CCN(CCn5c(C(=O)O)c(CCCOC(=C)c6ccccc6C)c6ccc(C)c(-c7c(C)nn(C)c7C)c65)CC4)c3C2=O)C(=O)N1. The molecule has 4 amide bonds. The van der Waals surface area contributed by atoms with E-state index in [0.717, 1.165) is 60.6 Å². The topological polar surface area (TPSA) is 169 Å². The summed E-state index contributed by atoms with van der Waals surface area (Å²) >= 11 is 0. The normalized spacial score (nSPS) is 16.6. The fourth-order valence-electron chi connectivity index (χ4n) is 9.58. The van der Waals surface area contributed by atoms with Crippen LogP contribution in [0.4, 0.5) is 0 Å². The molecular weight excluding hydrogens is 827 g/mol. The van der Waals surface area contributed by atoms with E-state index in [1.807, 2.05) is 67.4 Å². The minimum atomic E-state index is -1.01. The number of piperazine rings is 1. The number of carboxylic acid groups (broad SMARTS) is 1. The van der Waals surface area contributed by atoms with Gasteiger partial charge in [-0.3, -0.25) is 33.7 Å². The first kappa shape index (κ1) is 44.6. The van der Waals surface area contributed by atoms with Crippen LogP contribution in [0.5, 0.6) is 5.75 Å². The quantitative estimate of drug-likeness (QED) is 0.0702. The molecule has 1 atom stereocenters. The number of imide groups is 1. The lowest BCUT2D eigenvalue weighted by Gasteiger charge is -2.35. The minimum Gasteiger partial charge on any atom is -0.494 e. The van der Waals surface area contributed by atoms with Crippen LogP contribution < -0.4 is 10.1 Å². The van der Waals surface area contributed by atoms with E-state index >= 15 is 0 Å². The highest BCUT2D eigenvalue weighted by Gasteiger charge is 2.45. The lowest BCUT2D eigenvalue weighted by Crippen LogP contribution is -2.51. The van der Waals surface area contributed by atoms with Crippen molar-refractivity contribution in [2.75, 3.05) is 45.9 Å². The van der Waals surface area contributed by atoms with E-state index in [9.17, 15) is 29.1 Å². The van der Waals surface area contributed by atoms with E-state index in [-0.39, 0.29) is 41.5 Å². The number of aromatic nitrogens is 3. The predicted molar refractivity (Wildman–Crippen MR) is 246 cm³/mol. The Balaban J connectivity index is 0.965. The largest absolute Gasteiger partial charge is 0.494 e. The zero-order valence-corrected chi connectivity index (χ0v) is 37.7. The van der Waals surface area contributed by atoms with Crippen LogP contribution in [-0.2, 0) is 34.3 Å². The number of aryl methyl sites for hydroxylation is 5. The maximum absolute atomic E-state index is 13.6. The van der Waals surface area contributed by atoms with Gasteiger partial charge in [-0.15, -0.1) is 0 Å². The molecule has 65 heavy (non-hydrogen) atoms. The molecule has 5 aromatic rings. The van der Waals surface area contributed by atoms with Crippen LogP contribution in [0.15, 0.2) is 73.5 Å². The molecule has 2 fully saturated rings. The highest BCUT2D eigenvalue weighted by molar-refractivity contribution is 6.24. The molecule has 2 N–H and O–H groups in total. The number of nitrogens with zero attached hydrogens (tertiary/aromatic N) is 6. The summed E-state index contributed by atoms with van der Waals surface area (Å²) in [4.78, 5) is 71.4. The van der Waals surface area contributed by atoms with Crippen LogP contribution in [0.1, 0.15) is 84.1 Å². The monoisotopic (exact) mass is 881 g/mol. The summed E-state index contributed by atoms with van der Waals surface area (Å²) in [5.74, 6) is -2.27. The van der Waals surface area contributed by atoms with Gasteiger partial charge in [-0.05, 0) is 82.2 Å². The number of carboxylic acids is 1. The number of hydrogen-bond acceptors (Lipinski definition) is 9. The van der Waals surface area contributed by atoms with Crippen molar-refractivity contribution < 1.29 is 38.6 Å². The Labute approximate surface area is 377 Å². The molecule has 2 saturated heterocycles. The molecule has 15 heteroatoms. The Bertz CT molecular complexity index is 2790. The standard InChI is InChI=1S/C50H55N7O8/c1-29-12-8-9-13-35(29)34(6)64-27-11-15-36-37-19-17-30(2)42(43-32(4)52-53(7)33(43)5)45(37)56(46(36)50(62)63)26-23-54-21-24-55(25-22-54)41(58)28-65-40-16-10-14-38-44(40)49(61)57(48(38)60)39-20-18-31(3)51-47(39)59/h8-10,12-14,16-17,19,39H,3,6,11,15,18,20-28H2,1-2,4-5,7H3,(H,51,59)(H,62,63). The number of rotatable bonds is 15. The molecule has 0 radical (unpaired) electrons. The highest BCUT2D eigenvalue weighted by Crippen LogP contribution is 2.40. The van der Waals surface area contributed by atoms with Crippen molar-refractivity contribution in [3.8, 4) is 16.9 Å². The van der Waals surface area contributed by atoms with Crippen molar-refractivity contribution in [3.05, 3.63) is 124 Å². The second kappa shape index (κ2) is 18.2. The zero-order valence-electron chi connectivity index (χ0n) is 37.7. The van der Waals surface area contributed by atoms with E-state index in [0.29, 0.717) is 76.6 Å². The number of amides is 4. The van der Waals surface area contributed by atoms with Crippen molar-refractivity contribution in [1.29, 1.82) is 0 Å². The summed E-state index contributed by atoms with van der Waals surface area (Å²) < 4.78 is 15.8. The van der Waals surface area contributed by atoms with Crippen LogP contribution >= 0.6 is 0 Å². The first-order valence-electron chi connectivity index (χ1n) is 22.0. The molecule has 1 unspecified atom stereocenters. The maximum atomic E-state index is 13.6. The molecule has 15 nitrogen and oxygen atoms in total. The number of fused-ring (bicyclic) bond motifs is 2. The number of aromatic carboxylic acids is 1. The van der Waals surface area contributed by atoms with E-state index in [1.165, 1.54) is 6.07 Å². The summed E-state index contributed by atoms with van der Waals surface area (Å²) in [5, 5.41) is 19.2. The number of nitrogens with one attached hydrogen (secondary N) is 1. The molecular formula is C50H55N7O8. The predicted octanol–water partition coefficient (Wildman–Crippen LogP) is 6.21. The average molecular weight is 882 g/mol. The van der Waals surface area contributed by atoms with Gasteiger partial charge >= 0.3 is 5.97 Å². The van der Waals surface area contributed by atoms with Gasteiger partial charge in [-0.1, -0.05) is 55.6 Å². The summed E-state index contributed by atoms with van der Waals surface area (Å²) in [6, 6.07) is 15.7. The molecule has 2 aromatic heterocycles. The molecule has 3 aliphatic rings. The Morgan fingerprint density at radius 2 is 1.65 bits per heavy atom.